The molecule has 6 nitrogen and oxygen atoms in total. The third-order valence-corrected chi connectivity index (χ3v) is 3.36. The van der Waals surface area contributed by atoms with Crippen LogP contribution in [-0.2, 0) is 6.42 Å². The number of fused-ring (bicyclic) bond motifs is 1. The van der Waals surface area contributed by atoms with Crippen molar-refractivity contribution in [3.63, 3.8) is 0 Å². The number of nitrogen functional groups attached to an aromatic ring is 1. The first-order valence-electron chi connectivity index (χ1n) is 6.48. The Morgan fingerprint density at radius 1 is 1.30 bits per heavy atom. The van der Waals surface area contributed by atoms with E-state index >= 15 is 0 Å². The molecule has 1 aromatic carbocycles. The summed E-state index contributed by atoms with van der Waals surface area (Å²) in [4.78, 5) is 22.5. The van der Waals surface area contributed by atoms with Gasteiger partial charge in [0.1, 0.15) is 5.69 Å². The molecule has 1 amide bonds. The highest BCUT2D eigenvalue weighted by atomic mass is 16.2. The summed E-state index contributed by atoms with van der Waals surface area (Å²) in [5.41, 5.74) is 4.83. The Balaban J connectivity index is 1.95. The van der Waals surface area contributed by atoms with E-state index in [0.29, 0.717) is 12.4 Å². The summed E-state index contributed by atoms with van der Waals surface area (Å²) in [5.74, 6) is 5.52. The lowest BCUT2D eigenvalue weighted by atomic mass is 10.0. The van der Waals surface area contributed by atoms with Gasteiger partial charge in [0.25, 0.3) is 5.91 Å². The van der Waals surface area contributed by atoms with Gasteiger partial charge < -0.3 is 10.3 Å². The van der Waals surface area contributed by atoms with Crippen LogP contribution in [0.2, 0.25) is 0 Å². The molecule has 2 heterocycles. The minimum absolute atomic E-state index is 0.151. The van der Waals surface area contributed by atoms with Crippen molar-refractivity contribution in [2.45, 2.75) is 12.8 Å². The number of hydrogen-bond donors (Lipinski definition) is 2. The first-order valence-corrected chi connectivity index (χ1v) is 6.48. The Morgan fingerprint density at radius 2 is 2.15 bits per heavy atom. The standard InChI is InChI=1S/C14H15N5O/c15-18-13-9-16-8-11(17-13)14(20)19-7-3-5-10-4-1-2-6-12(10)19/h1-2,4,6,8-9H,3,5,7,15H2,(H,17,18). The van der Waals surface area contributed by atoms with E-state index in [-0.39, 0.29) is 11.6 Å². The second-order valence-electron chi connectivity index (χ2n) is 4.62. The molecule has 20 heavy (non-hydrogen) atoms. The Labute approximate surface area is 116 Å². The van der Waals surface area contributed by atoms with Crippen molar-refractivity contribution < 1.29 is 4.79 Å². The quantitative estimate of drug-likeness (QED) is 0.635. The van der Waals surface area contributed by atoms with Gasteiger partial charge in [0, 0.05) is 12.2 Å². The maximum absolute atomic E-state index is 12.6. The molecule has 0 saturated heterocycles. The fourth-order valence-electron chi connectivity index (χ4n) is 2.42. The average Bonchev–Trinajstić information content (AvgIpc) is 2.53. The Hall–Kier alpha value is -2.47. The maximum Gasteiger partial charge on any atom is 0.278 e. The van der Waals surface area contributed by atoms with E-state index in [1.54, 1.807) is 4.90 Å². The summed E-state index contributed by atoms with van der Waals surface area (Å²) >= 11 is 0. The molecule has 0 aliphatic carbocycles. The molecule has 1 aromatic heterocycles. The molecule has 0 spiro atoms. The summed E-state index contributed by atoms with van der Waals surface area (Å²) in [6.45, 7) is 0.692. The first kappa shape index (κ1) is 12.6. The van der Waals surface area contributed by atoms with E-state index in [1.165, 1.54) is 18.0 Å². The van der Waals surface area contributed by atoms with Crippen LogP contribution in [0.15, 0.2) is 36.7 Å². The van der Waals surface area contributed by atoms with Gasteiger partial charge in [0.15, 0.2) is 5.82 Å². The monoisotopic (exact) mass is 269 g/mol. The molecule has 1 aliphatic rings. The van der Waals surface area contributed by atoms with Crippen LogP contribution in [0.4, 0.5) is 11.5 Å². The molecule has 6 heteroatoms. The average molecular weight is 269 g/mol. The van der Waals surface area contributed by atoms with E-state index in [0.717, 1.165) is 18.5 Å². The zero-order chi connectivity index (χ0) is 13.9. The second kappa shape index (κ2) is 5.26. The van der Waals surface area contributed by atoms with Gasteiger partial charge in [0.2, 0.25) is 0 Å². The number of anilines is 2. The van der Waals surface area contributed by atoms with Gasteiger partial charge in [-0.3, -0.25) is 9.78 Å². The smallest absolute Gasteiger partial charge is 0.278 e. The van der Waals surface area contributed by atoms with E-state index < -0.39 is 0 Å². The first-order chi connectivity index (χ1) is 9.79. The molecule has 0 atom stereocenters. The number of aryl methyl sites for hydroxylation is 1. The summed E-state index contributed by atoms with van der Waals surface area (Å²) in [7, 11) is 0. The molecule has 0 saturated carbocycles. The Kier molecular flexibility index (Phi) is 3.30. The fraction of sp³-hybridized carbons (Fsp3) is 0.214. The van der Waals surface area contributed by atoms with E-state index in [2.05, 4.69) is 21.5 Å². The van der Waals surface area contributed by atoms with Gasteiger partial charge in [-0.25, -0.2) is 10.8 Å². The van der Waals surface area contributed by atoms with Crippen molar-refractivity contribution in [2.75, 3.05) is 16.9 Å². The number of aromatic nitrogens is 2. The van der Waals surface area contributed by atoms with Crippen molar-refractivity contribution in [3.8, 4) is 0 Å². The molecule has 2 aromatic rings. The number of hydrogen-bond acceptors (Lipinski definition) is 5. The maximum atomic E-state index is 12.6. The summed E-state index contributed by atoms with van der Waals surface area (Å²) in [6, 6.07) is 7.95. The zero-order valence-electron chi connectivity index (χ0n) is 10.9. The molecule has 0 radical (unpaired) electrons. The van der Waals surface area contributed by atoms with Crippen molar-refractivity contribution in [1.82, 2.24) is 9.97 Å². The van der Waals surface area contributed by atoms with Gasteiger partial charge in [0.05, 0.1) is 12.4 Å². The van der Waals surface area contributed by atoms with Crippen LogP contribution in [0.5, 0.6) is 0 Å². The number of hydrazine groups is 1. The Bertz CT molecular complexity index is 643. The predicted molar refractivity (Wildman–Crippen MR) is 76.3 cm³/mol. The molecule has 1 aliphatic heterocycles. The van der Waals surface area contributed by atoms with Crippen LogP contribution in [0.3, 0.4) is 0 Å². The minimum Gasteiger partial charge on any atom is -0.307 e. The van der Waals surface area contributed by atoms with Crippen LogP contribution in [0.25, 0.3) is 0 Å². The van der Waals surface area contributed by atoms with Gasteiger partial charge in [-0.15, -0.1) is 0 Å². The SMILES string of the molecule is NNc1cncc(C(=O)N2CCCc3ccccc32)n1. The minimum atomic E-state index is -0.151. The third kappa shape index (κ3) is 2.21. The molecule has 3 rings (SSSR count). The number of benzene rings is 1. The molecular formula is C14H15N5O. The fourth-order valence-corrected chi connectivity index (χ4v) is 2.42. The molecule has 102 valence electrons. The highest BCUT2D eigenvalue weighted by molar-refractivity contribution is 6.05. The zero-order valence-corrected chi connectivity index (χ0v) is 10.9. The highest BCUT2D eigenvalue weighted by Crippen LogP contribution is 2.27. The van der Waals surface area contributed by atoms with Crippen LogP contribution in [0, 0.1) is 0 Å². The second-order valence-corrected chi connectivity index (χ2v) is 4.62. The number of amides is 1. The normalized spacial score (nSPS) is 13.8. The van der Waals surface area contributed by atoms with Crippen molar-refractivity contribution in [3.05, 3.63) is 47.9 Å². The van der Waals surface area contributed by atoms with Gasteiger partial charge >= 0.3 is 0 Å². The Morgan fingerprint density at radius 3 is 3.00 bits per heavy atom. The van der Waals surface area contributed by atoms with Crippen molar-refractivity contribution in [2.24, 2.45) is 5.84 Å². The molecule has 0 unspecified atom stereocenters. The number of carbonyl (C=O) groups excluding carboxylic acids is 1. The summed E-state index contributed by atoms with van der Waals surface area (Å²) in [5, 5.41) is 0. The number of nitrogens with zero attached hydrogens (tertiary/aromatic N) is 3. The van der Waals surface area contributed by atoms with Gasteiger partial charge in [-0.05, 0) is 24.5 Å². The molecule has 3 N–H and O–H groups in total. The van der Waals surface area contributed by atoms with Crippen LogP contribution >= 0.6 is 0 Å². The topological polar surface area (TPSA) is 84.1 Å². The summed E-state index contributed by atoms with van der Waals surface area (Å²) < 4.78 is 0. The highest BCUT2D eigenvalue weighted by Gasteiger charge is 2.24. The van der Waals surface area contributed by atoms with Gasteiger partial charge in [-0.2, -0.15) is 0 Å². The van der Waals surface area contributed by atoms with E-state index in [4.69, 9.17) is 5.84 Å². The number of nitrogens with one attached hydrogen (secondary N) is 1. The van der Waals surface area contributed by atoms with Crippen molar-refractivity contribution >= 4 is 17.4 Å². The lowest BCUT2D eigenvalue weighted by Crippen LogP contribution is -2.36. The van der Waals surface area contributed by atoms with E-state index in [9.17, 15) is 4.79 Å². The largest absolute Gasteiger partial charge is 0.307 e. The molecule has 0 bridgehead atoms. The predicted octanol–water partition coefficient (Wildman–Crippen LogP) is 1.36. The number of rotatable bonds is 2. The van der Waals surface area contributed by atoms with Crippen molar-refractivity contribution in [1.29, 1.82) is 0 Å². The van der Waals surface area contributed by atoms with E-state index in [1.807, 2.05) is 18.2 Å². The number of para-hydroxylation sites is 1. The summed E-state index contributed by atoms with van der Waals surface area (Å²) in [6.07, 6.45) is 4.88. The van der Waals surface area contributed by atoms with Crippen LogP contribution in [-0.4, -0.2) is 22.4 Å². The number of carbonyl (C=O) groups is 1. The third-order valence-electron chi connectivity index (χ3n) is 3.36. The van der Waals surface area contributed by atoms with Crippen LogP contribution in [0.1, 0.15) is 22.5 Å². The lowest BCUT2D eigenvalue weighted by molar-refractivity contribution is 0.0980. The molecule has 0 fully saturated rings. The molecular weight excluding hydrogens is 254 g/mol. The van der Waals surface area contributed by atoms with Crippen LogP contribution < -0.4 is 16.2 Å². The van der Waals surface area contributed by atoms with Gasteiger partial charge in [-0.1, -0.05) is 18.2 Å². The number of nitrogens with two attached hydrogens (primary N) is 1. The lowest BCUT2D eigenvalue weighted by Gasteiger charge is -2.29.